The van der Waals surface area contributed by atoms with Crippen LogP contribution < -0.4 is 5.32 Å². The maximum absolute atomic E-state index is 12.1. The van der Waals surface area contributed by atoms with Gasteiger partial charge in [0.1, 0.15) is 0 Å². The molecular formula is C15H23BrN2O. The highest BCUT2D eigenvalue weighted by Gasteiger charge is 2.12. The molecule has 1 rings (SSSR count). The molecule has 0 aliphatic carbocycles. The minimum atomic E-state index is -0.00439. The highest BCUT2D eigenvalue weighted by Crippen LogP contribution is 2.17. The molecule has 0 saturated heterocycles. The number of hydrogen-bond donors (Lipinski definition) is 1. The highest BCUT2D eigenvalue weighted by molar-refractivity contribution is 9.10. The molecule has 1 N–H and O–H groups in total. The molecule has 1 amide bonds. The van der Waals surface area contributed by atoms with E-state index in [0.29, 0.717) is 5.56 Å². The van der Waals surface area contributed by atoms with Gasteiger partial charge in [-0.25, -0.2) is 0 Å². The van der Waals surface area contributed by atoms with Crippen molar-refractivity contribution in [1.82, 2.24) is 10.2 Å². The zero-order valence-electron chi connectivity index (χ0n) is 12.2. The van der Waals surface area contributed by atoms with E-state index in [-0.39, 0.29) is 11.9 Å². The predicted octanol–water partition coefficient (Wildman–Crippen LogP) is 3.22. The van der Waals surface area contributed by atoms with Crippen LogP contribution in [0.15, 0.2) is 22.7 Å². The Morgan fingerprint density at radius 2 is 2.00 bits per heavy atom. The number of hydrogen-bond acceptors (Lipinski definition) is 2. The SMILES string of the molecule is CCN(CC)CC(C)NC(=O)c1ccc(Br)c(C)c1. The Labute approximate surface area is 124 Å². The number of nitrogens with zero attached hydrogens (tertiary/aromatic N) is 1. The van der Waals surface area contributed by atoms with Crippen LogP contribution in [-0.4, -0.2) is 36.5 Å². The molecule has 0 aliphatic rings. The van der Waals surface area contributed by atoms with Crippen LogP contribution in [0, 0.1) is 6.92 Å². The molecule has 0 heterocycles. The Hall–Kier alpha value is -0.870. The molecular weight excluding hydrogens is 304 g/mol. The monoisotopic (exact) mass is 326 g/mol. The van der Waals surface area contributed by atoms with Crippen LogP contribution in [0.2, 0.25) is 0 Å². The largest absolute Gasteiger partial charge is 0.348 e. The van der Waals surface area contributed by atoms with Gasteiger partial charge >= 0.3 is 0 Å². The van der Waals surface area contributed by atoms with Crippen LogP contribution in [0.4, 0.5) is 0 Å². The van der Waals surface area contributed by atoms with Crippen molar-refractivity contribution in [1.29, 1.82) is 0 Å². The van der Waals surface area contributed by atoms with E-state index in [1.54, 1.807) is 0 Å². The first-order valence-corrected chi connectivity index (χ1v) is 7.56. The van der Waals surface area contributed by atoms with E-state index in [2.05, 4.69) is 40.0 Å². The lowest BCUT2D eigenvalue weighted by atomic mass is 10.1. The number of amides is 1. The Bertz CT molecular complexity index is 430. The smallest absolute Gasteiger partial charge is 0.251 e. The van der Waals surface area contributed by atoms with Crippen molar-refractivity contribution in [2.75, 3.05) is 19.6 Å². The van der Waals surface area contributed by atoms with E-state index in [0.717, 1.165) is 29.7 Å². The summed E-state index contributed by atoms with van der Waals surface area (Å²) in [4.78, 5) is 14.4. The van der Waals surface area contributed by atoms with Gasteiger partial charge in [0, 0.05) is 22.6 Å². The van der Waals surface area contributed by atoms with E-state index in [1.807, 2.05) is 32.0 Å². The zero-order chi connectivity index (χ0) is 14.4. The fraction of sp³-hybridized carbons (Fsp3) is 0.533. The van der Waals surface area contributed by atoms with E-state index in [1.165, 1.54) is 0 Å². The first-order valence-electron chi connectivity index (χ1n) is 6.77. The minimum Gasteiger partial charge on any atom is -0.348 e. The zero-order valence-corrected chi connectivity index (χ0v) is 13.8. The fourth-order valence-electron chi connectivity index (χ4n) is 2.01. The van der Waals surface area contributed by atoms with E-state index >= 15 is 0 Å². The molecule has 1 aromatic carbocycles. The molecule has 0 aliphatic heterocycles. The number of carbonyl (C=O) groups excluding carboxylic acids is 1. The number of likely N-dealkylation sites (N-methyl/N-ethyl adjacent to an activating group) is 1. The van der Waals surface area contributed by atoms with Gasteiger partial charge in [-0.15, -0.1) is 0 Å². The maximum Gasteiger partial charge on any atom is 0.251 e. The van der Waals surface area contributed by atoms with Crippen molar-refractivity contribution >= 4 is 21.8 Å². The summed E-state index contributed by atoms with van der Waals surface area (Å²) in [5.41, 5.74) is 1.79. The van der Waals surface area contributed by atoms with Crippen molar-refractivity contribution in [2.24, 2.45) is 0 Å². The third-order valence-electron chi connectivity index (χ3n) is 3.22. The van der Waals surface area contributed by atoms with Crippen LogP contribution in [0.3, 0.4) is 0 Å². The lowest BCUT2D eigenvalue weighted by molar-refractivity contribution is 0.0930. The molecule has 0 fully saturated rings. The summed E-state index contributed by atoms with van der Waals surface area (Å²) in [5, 5.41) is 3.05. The van der Waals surface area contributed by atoms with Gasteiger partial charge in [0.2, 0.25) is 0 Å². The Kier molecular flexibility index (Phi) is 6.52. The molecule has 0 bridgehead atoms. The fourth-order valence-corrected chi connectivity index (χ4v) is 2.25. The molecule has 1 aromatic rings. The van der Waals surface area contributed by atoms with Gasteiger partial charge in [-0.2, -0.15) is 0 Å². The summed E-state index contributed by atoms with van der Waals surface area (Å²) in [6.07, 6.45) is 0. The van der Waals surface area contributed by atoms with E-state index in [4.69, 9.17) is 0 Å². The summed E-state index contributed by atoms with van der Waals surface area (Å²) in [6.45, 7) is 11.2. The molecule has 106 valence electrons. The Balaban J connectivity index is 2.61. The van der Waals surface area contributed by atoms with Crippen LogP contribution >= 0.6 is 15.9 Å². The molecule has 3 nitrogen and oxygen atoms in total. The maximum atomic E-state index is 12.1. The number of rotatable bonds is 6. The standard InChI is InChI=1S/C15H23BrN2O/c1-5-18(6-2)10-12(4)17-15(19)13-7-8-14(16)11(3)9-13/h7-9,12H,5-6,10H2,1-4H3,(H,17,19). The van der Waals surface area contributed by atoms with Gasteiger partial charge in [0.15, 0.2) is 0 Å². The average Bonchev–Trinajstić information content (AvgIpc) is 2.38. The van der Waals surface area contributed by atoms with Crippen molar-refractivity contribution in [3.63, 3.8) is 0 Å². The lowest BCUT2D eigenvalue weighted by Crippen LogP contribution is -2.41. The van der Waals surface area contributed by atoms with Gasteiger partial charge in [-0.05, 0) is 50.7 Å². The van der Waals surface area contributed by atoms with Crippen LogP contribution in [0.1, 0.15) is 36.7 Å². The number of benzene rings is 1. The van der Waals surface area contributed by atoms with Crippen molar-refractivity contribution in [3.8, 4) is 0 Å². The molecule has 0 radical (unpaired) electrons. The minimum absolute atomic E-state index is 0.00439. The topological polar surface area (TPSA) is 32.3 Å². The van der Waals surface area contributed by atoms with Crippen molar-refractivity contribution in [3.05, 3.63) is 33.8 Å². The molecule has 1 unspecified atom stereocenters. The van der Waals surface area contributed by atoms with Gasteiger partial charge in [0.25, 0.3) is 5.91 Å². The summed E-state index contributed by atoms with van der Waals surface area (Å²) in [5.74, 6) is -0.00439. The average molecular weight is 327 g/mol. The summed E-state index contributed by atoms with van der Waals surface area (Å²) in [7, 11) is 0. The number of nitrogens with one attached hydrogen (secondary N) is 1. The van der Waals surface area contributed by atoms with Crippen LogP contribution in [0.5, 0.6) is 0 Å². The third-order valence-corrected chi connectivity index (χ3v) is 4.11. The molecule has 0 aromatic heterocycles. The van der Waals surface area contributed by atoms with Gasteiger partial charge in [-0.1, -0.05) is 29.8 Å². The summed E-state index contributed by atoms with van der Waals surface area (Å²) in [6, 6.07) is 5.82. The molecule has 0 spiro atoms. The van der Waals surface area contributed by atoms with Gasteiger partial charge < -0.3 is 10.2 Å². The van der Waals surface area contributed by atoms with Crippen LogP contribution in [-0.2, 0) is 0 Å². The molecule has 0 saturated carbocycles. The van der Waals surface area contributed by atoms with E-state index < -0.39 is 0 Å². The van der Waals surface area contributed by atoms with Crippen molar-refractivity contribution < 1.29 is 4.79 Å². The molecule has 4 heteroatoms. The normalized spacial score (nSPS) is 12.5. The second-order valence-electron chi connectivity index (χ2n) is 4.82. The number of aryl methyl sites for hydroxylation is 1. The Morgan fingerprint density at radius 1 is 1.37 bits per heavy atom. The molecule has 19 heavy (non-hydrogen) atoms. The lowest BCUT2D eigenvalue weighted by Gasteiger charge is -2.23. The van der Waals surface area contributed by atoms with Gasteiger partial charge in [0.05, 0.1) is 0 Å². The second kappa shape index (κ2) is 7.65. The number of halogens is 1. The Morgan fingerprint density at radius 3 is 2.53 bits per heavy atom. The van der Waals surface area contributed by atoms with Gasteiger partial charge in [-0.3, -0.25) is 4.79 Å². The van der Waals surface area contributed by atoms with Crippen molar-refractivity contribution in [2.45, 2.75) is 33.7 Å². The first-order chi connectivity index (χ1) is 8.97. The highest BCUT2D eigenvalue weighted by atomic mass is 79.9. The van der Waals surface area contributed by atoms with E-state index in [9.17, 15) is 4.79 Å². The number of carbonyl (C=O) groups is 1. The summed E-state index contributed by atoms with van der Waals surface area (Å²) < 4.78 is 1.03. The van der Waals surface area contributed by atoms with Crippen LogP contribution in [0.25, 0.3) is 0 Å². The predicted molar refractivity (Wildman–Crippen MR) is 83.6 cm³/mol. The second-order valence-corrected chi connectivity index (χ2v) is 5.68. The quantitative estimate of drug-likeness (QED) is 0.870. The first kappa shape index (κ1) is 16.2. The third kappa shape index (κ3) is 4.96. The molecule has 1 atom stereocenters. The summed E-state index contributed by atoms with van der Waals surface area (Å²) >= 11 is 3.44.